The lowest BCUT2D eigenvalue weighted by atomic mass is 10.0. The molecule has 0 bridgehead atoms. The normalized spacial score (nSPS) is 12.6. The van der Waals surface area contributed by atoms with E-state index in [4.69, 9.17) is 0 Å². The highest BCUT2D eigenvalue weighted by Crippen LogP contribution is 2.13. The molecule has 0 aliphatic heterocycles. The van der Waals surface area contributed by atoms with Crippen molar-refractivity contribution in [1.29, 1.82) is 0 Å². The van der Waals surface area contributed by atoms with E-state index in [9.17, 15) is 8.42 Å². The number of hydrogen-bond donors (Lipinski definition) is 2. The molecule has 0 aliphatic rings. The molecule has 120 valence electrons. The fourth-order valence-corrected chi connectivity index (χ4v) is 3.60. The monoisotopic (exact) mass is 312 g/mol. The van der Waals surface area contributed by atoms with Gasteiger partial charge in [-0.2, -0.15) is 0 Å². The Morgan fingerprint density at radius 2 is 1.62 bits per heavy atom. The number of rotatable bonds is 9. The summed E-state index contributed by atoms with van der Waals surface area (Å²) >= 11 is 0. The Labute approximate surface area is 129 Å². The van der Waals surface area contributed by atoms with Crippen LogP contribution < -0.4 is 10.0 Å². The molecule has 1 aromatic carbocycles. The molecule has 0 saturated heterocycles. The van der Waals surface area contributed by atoms with Crippen LogP contribution in [0.1, 0.15) is 51.7 Å². The average Bonchev–Trinajstić information content (AvgIpc) is 2.39. The molecule has 0 aromatic heterocycles. The van der Waals surface area contributed by atoms with E-state index in [1.54, 1.807) is 0 Å². The Bertz CT molecular complexity index is 522. The Morgan fingerprint density at radius 1 is 1.05 bits per heavy atom. The summed E-state index contributed by atoms with van der Waals surface area (Å²) in [4.78, 5) is 0. The number of hydrogen-bond acceptors (Lipinski definition) is 3. The summed E-state index contributed by atoms with van der Waals surface area (Å²) in [6, 6.07) is 7.75. The van der Waals surface area contributed by atoms with Crippen molar-refractivity contribution >= 4 is 10.0 Å². The van der Waals surface area contributed by atoms with Gasteiger partial charge in [0.25, 0.3) is 0 Å². The van der Waals surface area contributed by atoms with Crippen molar-refractivity contribution in [2.75, 3.05) is 6.54 Å². The van der Waals surface area contributed by atoms with Crippen LogP contribution >= 0.6 is 0 Å². The van der Waals surface area contributed by atoms with Gasteiger partial charge in [0.2, 0.25) is 10.0 Å². The summed E-state index contributed by atoms with van der Waals surface area (Å²) < 4.78 is 27.0. The quantitative estimate of drug-likeness (QED) is 0.689. The molecule has 0 fully saturated rings. The summed E-state index contributed by atoms with van der Waals surface area (Å²) in [6.07, 6.45) is 1.86. The van der Waals surface area contributed by atoms with Crippen LogP contribution in [0.4, 0.5) is 0 Å². The van der Waals surface area contributed by atoms with E-state index in [-0.39, 0.29) is 5.75 Å². The second-order valence-electron chi connectivity index (χ2n) is 6.09. The van der Waals surface area contributed by atoms with Crippen molar-refractivity contribution in [2.45, 2.75) is 58.4 Å². The predicted molar refractivity (Wildman–Crippen MR) is 88.6 cm³/mol. The van der Waals surface area contributed by atoms with Crippen molar-refractivity contribution in [2.24, 2.45) is 0 Å². The van der Waals surface area contributed by atoms with E-state index in [1.165, 1.54) is 5.56 Å². The average molecular weight is 312 g/mol. The first-order chi connectivity index (χ1) is 9.78. The van der Waals surface area contributed by atoms with Gasteiger partial charge in [0.15, 0.2) is 0 Å². The highest BCUT2D eigenvalue weighted by Gasteiger charge is 2.22. The molecule has 0 spiro atoms. The predicted octanol–water partition coefficient (Wildman–Crippen LogP) is 2.79. The van der Waals surface area contributed by atoms with Crippen LogP contribution in [0.5, 0.6) is 0 Å². The van der Waals surface area contributed by atoms with E-state index < -0.39 is 15.6 Å². The van der Waals surface area contributed by atoms with Crippen LogP contribution in [0.3, 0.4) is 0 Å². The van der Waals surface area contributed by atoms with Gasteiger partial charge < -0.3 is 5.32 Å². The molecule has 5 heteroatoms. The molecule has 0 radical (unpaired) electrons. The molecule has 1 rings (SSSR count). The van der Waals surface area contributed by atoms with E-state index in [2.05, 4.69) is 17.0 Å². The minimum absolute atomic E-state index is 0.0269. The zero-order chi connectivity index (χ0) is 15.9. The topological polar surface area (TPSA) is 58.2 Å². The maximum absolute atomic E-state index is 12.1. The second kappa shape index (κ2) is 7.92. The first-order valence-electron chi connectivity index (χ1n) is 7.58. The first-order valence-corrected chi connectivity index (χ1v) is 9.23. The van der Waals surface area contributed by atoms with Crippen LogP contribution in [-0.2, 0) is 22.3 Å². The van der Waals surface area contributed by atoms with Crippen molar-refractivity contribution in [3.8, 4) is 0 Å². The summed E-state index contributed by atoms with van der Waals surface area (Å²) in [5.41, 5.74) is 1.59. The standard InChI is InChI=1S/C16H28N2O2S/c1-5-11-17-12-14-7-9-15(10-8-14)13-21(19,20)18-16(3,4)6-2/h7-10,17-18H,5-6,11-13H2,1-4H3. The highest BCUT2D eigenvalue weighted by molar-refractivity contribution is 7.88. The van der Waals surface area contributed by atoms with Crippen LogP contribution in [0, 0.1) is 0 Å². The highest BCUT2D eigenvalue weighted by atomic mass is 32.2. The van der Waals surface area contributed by atoms with E-state index >= 15 is 0 Å². The van der Waals surface area contributed by atoms with Crippen molar-refractivity contribution < 1.29 is 8.42 Å². The van der Waals surface area contributed by atoms with Gasteiger partial charge in [-0.1, -0.05) is 38.1 Å². The molecule has 1 aromatic rings. The van der Waals surface area contributed by atoms with Crippen LogP contribution in [-0.4, -0.2) is 20.5 Å². The first kappa shape index (κ1) is 18.1. The summed E-state index contributed by atoms with van der Waals surface area (Å²) in [7, 11) is -3.30. The fraction of sp³-hybridized carbons (Fsp3) is 0.625. The van der Waals surface area contributed by atoms with Gasteiger partial charge in [-0.3, -0.25) is 0 Å². The van der Waals surface area contributed by atoms with Gasteiger partial charge in [0, 0.05) is 12.1 Å². The molecule has 2 N–H and O–H groups in total. The summed E-state index contributed by atoms with van der Waals surface area (Å²) in [5, 5.41) is 3.33. The Balaban J connectivity index is 2.62. The SMILES string of the molecule is CCCNCc1ccc(CS(=O)(=O)NC(C)(C)CC)cc1. The number of sulfonamides is 1. The van der Waals surface area contributed by atoms with E-state index in [1.807, 2.05) is 45.0 Å². The molecule has 0 saturated carbocycles. The van der Waals surface area contributed by atoms with Crippen LogP contribution in [0.15, 0.2) is 24.3 Å². The van der Waals surface area contributed by atoms with Gasteiger partial charge in [-0.05, 0) is 44.4 Å². The number of benzene rings is 1. The lowest BCUT2D eigenvalue weighted by Gasteiger charge is -2.24. The van der Waals surface area contributed by atoms with Gasteiger partial charge in [0.1, 0.15) is 0 Å². The third-order valence-corrected chi connectivity index (χ3v) is 5.03. The van der Waals surface area contributed by atoms with Crippen molar-refractivity contribution in [3.63, 3.8) is 0 Å². The van der Waals surface area contributed by atoms with Crippen LogP contribution in [0.25, 0.3) is 0 Å². The van der Waals surface area contributed by atoms with Crippen molar-refractivity contribution in [3.05, 3.63) is 35.4 Å². The molecule has 0 heterocycles. The summed E-state index contributed by atoms with van der Waals surface area (Å²) in [6.45, 7) is 9.71. The smallest absolute Gasteiger partial charge is 0.216 e. The van der Waals surface area contributed by atoms with Gasteiger partial charge in [-0.15, -0.1) is 0 Å². The summed E-state index contributed by atoms with van der Waals surface area (Å²) in [5.74, 6) is 0.0269. The minimum Gasteiger partial charge on any atom is -0.313 e. The number of nitrogens with one attached hydrogen (secondary N) is 2. The molecule has 0 atom stereocenters. The minimum atomic E-state index is -3.30. The zero-order valence-electron chi connectivity index (χ0n) is 13.6. The Morgan fingerprint density at radius 3 is 2.14 bits per heavy atom. The van der Waals surface area contributed by atoms with Gasteiger partial charge >= 0.3 is 0 Å². The molecular formula is C16H28N2O2S. The second-order valence-corrected chi connectivity index (χ2v) is 7.81. The Kier molecular flexibility index (Phi) is 6.84. The molecule has 0 amide bonds. The Hall–Kier alpha value is -0.910. The van der Waals surface area contributed by atoms with Crippen LogP contribution in [0.2, 0.25) is 0 Å². The van der Waals surface area contributed by atoms with E-state index in [0.717, 1.165) is 31.5 Å². The third kappa shape index (κ3) is 7.07. The lowest BCUT2D eigenvalue weighted by molar-refractivity contribution is 0.439. The zero-order valence-corrected chi connectivity index (χ0v) is 14.4. The molecule has 21 heavy (non-hydrogen) atoms. The van der Waals surface area contributed by atoms with Gasteiger partial charge in [0.05, 0.1) is 5.75 Å². The fourth-order valence-electron chi connectivity index (χ4n) is 1.91. The van der Waals surface area contributed by atoms with Crippen molar-refractivity contribution in [1.82, 2.24) is 10.0 Å². The third-order valence-electron chi connectivity index (χ3n) is 3.45. The molecule has 0 unspecified atom stereocenters. The van der Waals surface area contributed by atoms with E-state index in [0.29, 0.717) is 0 Å². The molecule has 0 aliphatic carbocycles. The maximum Gasteiger partial charge on any atom is 0.216 e. The lowest BCUT2D eigenvalue weighted by Crippen LogP contribution is -2.43. The largest absolute Gasteiger partial charge is 0.313 e. The maximum atomic E-state index is 12.1. The molecular weight excluding hydrogens is 284 g/mol. The van der Waals surface area contributed by atoms with Gasteiger partial charge in [-0.25, -0.2) is 13.1 Å². The molecule has 4 nitrogen and oxygen atoms in total.